The molecule has 0 saturated carbocycles. The van der Waals surface area contributed by atoms with Crippen molar-refractivity contribution >= 4 is 11.9 Å². The highest BCUT2D eigenvalue weighted by molar-refractivity contribution is 6.07. The lowest BCUT2D eigenvalue weighted by atomic mass is 9.85. The van der Waals surface area contributed by atoms with Crippen molar-refractivity contribution < 1.29 is 9.59 Å². The van der Waals surface area contributed by atoms with E-state index in [2.05, 4.69) is 23.7 Å². The van der Waals surface area contributed by atoms with Gasteiger partial charge in [0.05, 0.1) is 12.2 Å². The van der Waals surface area contributed by atoms with Crippen molar-refractivity contribution in [3.63, 3.8) is 0 Å². The zero-order valence-electron chi connectivity index (χ0n) is 17.8. The first-order chi connectivity index (χ1) is 14.5. The summed E-state index contributed by atoms with van der Waals surface area (Å²) in [4.78, 5) is 37.1. The number of benzene rings is 1. The van der Waals surface area contributed by atoms with E-state index in [0.29, 0.717) is 25.4 Å². The van der Waals surface area contributed by atoms with Crippen molar-refractivity contribution in [2.24, 2.45) is 0 Å². The lowest BCUT2D eigenvalue weighted by Crippen LogP contribution is -2.57. The minimum atomic E-state index is -0.758. The highest BCUT2D eigenvalue weighted by Crippen LogP contribution is 2.39. The number of rotatable bonds is 6. The van der Waals surface area contributed by atoms with Crippen molar-refractivity contribution in [1.82, 2.24) is 19.7 Å². The van der Waals surface area contributed by atoms with Gasteiger partial charge in [0.25, 0.3) is 5.91 Å². The van der Waals surface area contributed by atoms with Gasteiger partial charge in [-0.3, -0.25) is 14.7 Å². The molecular weight excluding hydrogens is 376 g/mol. The Morgan fingerprint density at radius 1 is 1.00 bits per heavy atom. The molecule has 2 saturated heterocycles. The van der Waals surface area contributed by atoms with E-state index in [1.165, 1.54) is 4.90 Å². The normalized spacial score (nSPS) is 20.2. The van der Waals surface area contributed by atoms with Gasteiger partial charge in [0.1, 0.15) is 5.54 Å². The first-order valence-electron chi connectivity index (χ1n) is 10.9. The Hall–Kier alpha value is -2.73. The van der Waals surface area contributed by atoms with Crippen LogP contribution in [0.25, 0.3) is 0 Å². The number of hydrogen-bond acceptors (Lipinski definition) is 4. The van der Waals surface area contributed by atoms with Crippen LogP contribution in [-0.2, 0) is 17.9 Å². The smallest absolute Gasteiger partial charge is 0.305 e. The van der Waals surface area contributed by atoms with E-state index in [-0.39, 0.29) is 18.5 Å². The van der Waals surface area contributed by atoms with Crippen LogP contribution in [0.2, 0.25) is 0 Å². The average Bonchev–Trinajstić information content (AvgIpc) is 2.97. The Morgan fingerprint density at radius 3 is 2.33 bits per heavy atom. The lowest BCUT2D eigenvalue weighted by molar-refractivity contribution is -0.136. The number of amides is 3. The van der Waals surface area contributed by atoms with Crippen LogP contribution in [-0.4, -0.2) is 56.3 Å². The number of urea groups is 1. The van der Waals surface area contributed by atoms with Crippen molar-refractivity contribution in [2.45, 2.75) is 57.8 Å². The number of pyridine rings is 1. The third-order valence-corrected chi connectivity index (χ3v) is 6.69. The van der Waals surface area contributed by atoms with Gasteiger partial charge in [-0.25, -0.2) is 4.79 Å². The van der Waals surface area contributed by atoms with Crippen molar-refractivity contribution in [3.8, 4) is 0 Å². The molecule has 2 aromatic rings. The molecule has 158 valence electrons. The number of carbonyl (C=O) groups is 2. The Balaban J connectivity index is 1.62. The molecule has 2 aliphatic rings. The van der Waals surface area contributed by atoms with Gasteiger partial charge < -0.3 is 9.80 Å². The molecule has 3 heterocycles. The van der Waals surface area contributed by atoms with Crippen LogP contribution in [0.4, 0.5) is 4.79 Å². The molecule has 1 unspecified atom stereocenters. The predicted molar refractivity (Wildman–Crippen MR) is 115 cm³/mol. The Bertz CT molecular complexity index is 879. The molecule has 4 rings (SSSR count). The number of imide groups is 1. The standard InChI is InChI=1S/C24H30N4O2/c1-3-19(2)26-15-12-24(13-16-26)22(29)27(18-21-11-7-8-14-25-21)23(30)28(24)17-20-9-5-4-6-10-20/h4-11,14,19H,3,12-13,15-18H2,1-2H3. The average molecular weight is 407 g/mol. The van der Waals surface area contributed by atoms with Crippen LogP contribution in [0.1, 0.15) is 44.4 Å². The molecule has 0 radical (unpaired) electrons. The van der Waals surface area contributed by atoms with Crippen LogP contribution >= 0.6 is 0 Å². The summed E-state index contributed by atoms with van der Waals surface area (Å²) >= 11 is 0. The highest BCUT2D eigenvalue weighted by Gasteiger charge is 2.58. The molecule has 1 spiro atoms. The summed E-state index contributed by atoms with van der Waals surface area (Å²) in [5, 5.41) is 0. The van der Waals surface area contributed by atoms with Crippen molar-refractivity contribution in [2.75, 3.05) is 13.1 Å². The molecule has 3 amide bonds. The van der Waals surface area contributed by atoms with Crippen molar-refractivity contribution in [3.05, 3.63) is 66.0 Å². The van der Waals surface area contributed by atoms with E-state index >= 15 is 0 Å². The maximum atomic E-state index is 13.7. The molecule has 2 aliphatic heterocycles. The molecule has 6 nitrogen and oxygen atoms in total. The quantitative estimate of drug-likeness (QED) is 0.687. The third-order valence-electron chi connectivity index (χ3n) is 6.69. The van der Waals surface area contributed by atoms with E-state index < -0.39 is 5.54 Å². The predicted octanol–water partition coefficient (Wildman–Crippen LogP) is 3.68. The molecular formula is C24H30N4O2. The molecule has 6 heteroatoms. The Kier molecular flexibility index (Phi) is 5.86. The van der Waals surface area contributed by atoms with E-state index in [4.69, 9.17) is 0 Å². The number of piperidine rings is 1. The summed E-state index contributed by atoms with van der Waals surface area (Å²) in [5.41, 5.74) is 1.01. The maximum Gasteiger partial charge on any atom is 0.328 e. The van der Waals surface area contributed by atoms with Crippen molar-refractivity contribution in [1.29, 1.82) is 0 Å². The van der Waals surface area contributed by atoms with Crippen LogP contribution in [0.5, 0.6) is 0 Å². The van der Waals surface area contributed by atoms with E-state index in [1.54, 1.807) is 6.20 Å². The largest absolute Gasteiger partial charge is 0.328 e. The summed E-state index contributed by atoms with van der Waals surface area (Å²) in [6.07, 6.45) is 4.13. The molecule has 1 atom stereocenters. The maximum absolute atomic E-state index is 13.7. The Morgan fingerprint density at radius 2 is 1.70 bits per heavy atom. The number of aromatic nitrogens is 1. The number of carbonyl (C=O) groups excluding carboxylic acids is 2. The lowest BCUT2D eigenvalue weighted by Gasteiger charge is -2.44. The van der Waals surface area contributed by atoms with Gasteiger partial charge in [-0.05, 0) is 43.9 Å². The van der Waals surface area contributed by atoms with Crippen LogP contribution in [0, 0.1) is 0 Å². The second-order valence-corrected chi connectivity index (χ2v) is 8.39. The van der Waals surface area contributed by atoms with Crippen LogP contribution in [0.3, 0.4) is 0 Å². The summed E-state index contributed by atoms with van der Waals surface area (Å²) in [6.45, 7) is 6.76. The summed E-state index contributed by atoms with van der Waals surface area (Å²) < 4.78 is 0. The summed E-state index contributed by atoms with van der Waals surface area (Å²) in [7, 11) is 0. The zero-order chi connectivity index (χ0) is 21.1. The van der Waals surface area contributed by atoms with E-state index in [1.807, 2.05) is 53.4 Å². The van der Waals surface area contributed by atoms with Gasteiger partial charge in [0.2, 0.25) is 0 Å². The Labute approximate surface area is 178 Å². The van der Waals surface area contributed by atoms with Crippen LogP contribution < -0.4 is 0 Å². The minimum Gasteiger partial charge on any atom is -0.305 e. The fourth-order valence-electron chi connectivity index (χ4n) is 4.64. The van der Waals surface area contributed by atoms with Gasteiger partial charge >= 0.3 is 6.03 Å². The fraction of sp³-hybridized carbons (Fsp3) is 0.458. The SMILES string of the molecule is CCC(C)N1CCC2(CC1)C(=O)N(Cc1ccccn1)C(=O)N2Cc1ccccc1. The number of likely N-dealkylation sites (tertiary alicyclic amines) is 1. The second-order valence-electron chi connectivity index (χ2n) is 8.39. The molecule has 1 aromatic carbocycles. The molecule has 2 fully saturated rings. The minimum absolute atomic E-state index is 0.0714. The van der Waals surface area contributed by atoms with Gasteiger partial charge in [0, 0.05) is 31.9 Å². The molecule has 0 bridgehead atoms. The molecule has 30 heavy (non-hydrogen) atoms. The third kappa shape index (κ3) is 3.72. The van der Waals surface area contributed by atoms with Gasteiger partial charge in [0.15, 0.2) is 0 Å². The molecule has 0 aliphatic carbocycles. The monoisotopic (exact) mass is 406 g/mol. The first kappa shape index (κ1) is 20.5. The van der Waals surface area contributed by atoms with Gasteiger partial charge in [-0.2, -0.15) is 0 Å². The number of hydrogen-bond donors (Lipinski definition) is 0. The van der Waals surface area contributed by atoms with Crippen LogP contribution in [0.15, 0.2) is 54.7 Å². The zero-order valence-corrected chi connectivity index (χ0v) is 17.8. The molecule has 1 aromatic heterocycles. The topological polar surface area (TPSA) is 56.8 Å². The number of nitrogens with zero attached hydrogens (tertiary/aromatic N) is 4. The second kappa shape index (κ2) is 8.56. The van der Waals surface area contributed by atoms with E-state index in [0.717, 1.165) is 30.8 Å². The van der Waals surface area contributed by atoms with Gasteiger partial charge in [-0.1, -0.05) is 43.3 Å². The highest BCUT2D eigenvalue weighted by atomic mass is 16.2. The van der Waals surface area contributed by atoms with Gasteiger partial charge in [-0.15, -0.1) is 0 Å². The summed E-state index contributed by atoms with van der Waals surface area (Å²) in [6, 6.07) is 15.8. The fourth-order valence-corrected chi connectivity index (χ4v) is 4.64. The van der Waals surface area contributed by atoms with E-state index in [9.17, 15) is 9.59 Å². The molecule has 0 N–H and O–H groups in total. The first-order valence-corrected chi connectivity index (χ1v) is 10.9. The summed E-state index contributed by atoms with van der Waals surface area (Å²) in [5.74, 6) is -0.0714.